The molecule has 0 spiro atoms. The number of hydrogen-bond acceptors (Lipinski definition) is 5. The lowest BCUT2D eigenvalue weighted by atomic mass is 10.0. The quantitative estimate of drug-likeness (QED) is 0.644. The van der Waals surface area contributed by atoms with Gasteiger partial charge in [0.05, 0.1) is 21.6 Å². The summed E-state index contributed by atoms with van der Waals surface area (Å²) in [4.78, 5) is 16.5. The van der Waals surface area contributed by atoms with E-state index in [2.05, 4.69) is 19.8 Å². The fraction of sp³-hybridized carbons (Fsp3) is 0.333. The molecular weight excluding hydrogens is 332 g/mol. The van der Waals surface area contributed by atoms with Gasteiger partial charge in [-0.15, -0.1) is 0 Å². The second kappa shape index (κ2) is 5.91. The van der Waals surface area contributed by atoms with Crippen LogP contribution in [0.5, 0.6) is 0 Å². The normalized spacial score (nSPS) is 13.5. The van der Waals surface area contributed by atoms with Gasteiger partial charge in [-0.2, -0.15) is 0 Å². The number of sulfonamides is 1. The van der Waals surface area contributed by atoms with Crippen LogP contribution < -0.4 is 10.4 Å². The molecule has 128 valence electrons. The molecule has 2 heterocycles. The summed E-state index contributed by atoms with van der Waals surface area (Å²) < 4.78 is 32.7. The first-order chi connectivity index (χ1) is 11.3. The molecule has 0 radical (unpaired) electrons. The van der Waals surface area contributed by atoms with Crippen LogP contribution in [0.15, 0.2) is 32.4 Å². The summed E-state index contributed by atoms with van der Waals surface area (Å²) in [5.41, 5.74) is 2.29. The van der Waals surface area contributed by atoms with E-state index < -0.39 is 10.0 Å². The number of aryl methyl sites for hydroxylation is 2. The maximum absolute atomic E-state index is 12.5. The number of nitrogens with one attached hydrogen (secondary N) is 3. The van der Waals surface area contributed by atoms with Gasteiger partial charge in [0, 0.05) is 12.1 Å². The van der Waals surface area contributed by atoms with Crippen molar-refractivity contribution >= 4 is 21.1 Å². The van der Waals surface area contributed by atoms with E-state index >= 15 is 0 Å². The summed E-state index contributed by atoms with van der Waals surface area (Å²) in [6, 6.07) is 4.44. The molecule has 0 aliphatic rings. The monoisotopic (exact) mass is 350 g/mol. The minimum atomic E-state index is -3.69. The zero-order valence-corrected chi connectivity index (χ0v) is 14.3. The van der Waals surface area contributed by atoms with Gasteiger partial charge in [0.2, 0.25) is 10.0 Å². The fourth-order valence-electron chi connectivity index (χ4n) is 2.79. The first kappa shape index (κ1) is 16.5. The Hall–Kier alpha value is -2.39. The van der Waals surface area contributed by atoms with E-state index in [1.165, 1.54) is 12.1 Å². The highest BCUT2D eigenvalue weighted by Crippen LogP contribution is 2.23. The molecule has 3 aromatic rings. The number of aromatic nitrogens is 3. The Morgan fingerprint density at radius 1 is 1.25 bits per heavy atom. The van der Waals surface area contributed by atoms with Crippen LogP contribution >= 0.6 is 0 Å². The van der Waals surface area contributed by atoms with Crippen molar-refractivity contribution in [1.82, 2.24) is 19.8 Å². The number of H-pyrrole nitrogens is 2. The summed E-state index contributed by atoms with van der Waals surface area (Å²) in [7, 11) is -3.69. The third-order valence-electron chi connectivity index (χ3n) is 3.96. The van der Waals surface area contributed by atoms with Crippen LogP contribution in [0.2, 0.25) is 0 Å². The fourth-order valence-corrected chi connectivity index (χ4v) is 3.95. The third kappa shape index (κ3) is 3.00. The Labute approximate surface area is 138 Å². The molecule has 1 unspecified atom stereocenters. The molecule has 1 atom stereocenters. The summed E-state index contributed by atoms with van der Waals surface area (Å²) in [5.74, 6) is 0.604. The van der Waals surface area contributed by atoms with Crippen molar-refractivity contribution < 1.29 is 12.9 Å². The number of benzene rings is 1. The van der Waals surface area contributed by atoms with Gasteiger partial charge in [-0.25, -0.2) is 17.9 Å². The number of rotatable bonds is 5. The number of imidazole rings is 1. The van der Waals surface area contributed by atoms with Crippen LogP contribution in [0.4, 0.5) is 0 Å². The maximum atomic E-state index is 12.5. The molecule has 0 fully saturated rings. The molecule has 0 aliphatic heterocycles. The Bertz CT molecular complexity index is 1030. The predicted octanol–water partition coefficient (Wildman–Crippen LogP) is 1.54. The lowest BCUT2D eigenvalue weighted by molar-refractivity contribution is 0.391. The van der Waals surface area contributed by atoms with Crippen molar-refractivity contribution in [1.29, 1.82) is 0 Å². The van der Waals surface area contributed by atoms with Crippen LogP contribution in [0, 0.1) is 13.8 Å². The molecule has 0 amide bonds. The summed E-state index contributed by atoms with van der Waals surface area (Å²) in [6.45, 7) is 5.75. The average Bonchev–Trinajstić information content (AvgIpc) is 3.05. The zero-order chi connectivity index (χ0) is 17.5. The number of nitrogens with zero attached hydrogens (tertiary/aromatic N) is 1. The maximum Gasteiger partial charge on any atom is 0.323 e. The molecule has 24 heavy (non-hydrogen) atoms. The van der Waals surface area contributed by atoms with Gasteiger partial charge in [0.15, 0.2) is 0 Å². The predicted molar refractivity (Wildman–Crippen MR) is 88.5 cm³/mol. The first-order valence-electron chi connectivity index (χ1n) is 7.42. The molecule has 8 nitrogen and oxygen atoms in total. The number of aromatic amines is 2. The van der Waals surface area contributed by atoms with E-state index in [9.17, 15) is 13.2 Å². The standard InChI is InChI=1S/C15H18N4O4S/c1-8(14-9(2)19-23-10(14)3)7-16-24(21,22)11-4-5-12-13(6-11)18-15(20)17-12/h4-6,8,16H,7H2,1-3H3,(H2,17,18,20). The Morgan fingerprint density at radius 2 is 1.96 bits per heavy atom. The third-order valence-corrected chi connectivity index (χ3v) is 5.38. The van der Waals surface area contributed by atoms with Crippen molar-refractivity contribution in [2.24, 2.45) is 0 Å². The van der Waals surface area contributed by atoms with Gasteiger partial charge in [0.25, 0.3) is 0 Å². The van der Waals surface area contributed by atoms with E-state index in [4.69, 9.17) is 4.52 Å². The second-order valence-corrected chi connectivity index (χ2v) is 7.54. The van der Waals surface area contributed by atoms with Gasteiger partial charge in [-0.3, -0.25) is 0 Å². The van der Waals surface area contributed by atoms with Crippen LogP contribution in [0.3, 0.4) is 0 Å². The molecule has 9 heteroatoms. The van der Waals surface area contributed by atoms with Crippen molar-refractivity contribution in [2.75, 3.05) is 6.54 Å². The summed E-state index contributed by atoms with van der Waals surface area (Å²) >= 11 is 0. The summed E-state index contributed by atoms with van der Waals surface area (Å²) in [5, 5.41) is 3.89. The van der Waals surface area contributed by atoms with E-state index in [1.54, 1.807) is 13.0 Å². The topological polar surface area (TPSA) is 121 Å². The van der Waals surface area contributed by atoms with Gasteiger partial charge in [0.1, 0.15) is 5.76 Å². The first-order valence-corrected chi connectivity index (χ1v) is 8.91. The van der Waals surface area contributed by atoms with Crippen molar-refractivity contribution in [3.05, 3.63) is 45.7 Å². The number of fused-ring (bicyclic) bond motifs is 1. The molecule has 1 aromatic carbocycles. The van der Waals surface area contributed by atoms with Gasteiger partial charge in [-0.1, -0.05) is 12.1 Å². The molecule has 0 aliphatic carbocycles. The highest BCUT2D eigenvalue weighted by molar-refractivity contribution is 7.89. The minimum Gasteiger partial charge on any atom is -0.361 e. The number of hydrogen-bond donors (Lipinski definition) is 3. The Kier molecular flexibility index (Phi) is 4.06. The lowest BCUT2D eigenvalue weighted by Crippen LogP contribution is -2.28. The van der Waals surface area contributed by atoms with Crippen LogP contribution in [-0.4, -0.2) is 30.1 Å². The van der Waals surface area contributed by atoms with Crippen LogP contribution in [0.1, 0.15) is 29.9 Å². The molecule has 0 bridgehead atoms. The molecule has 3 rings (SSSR count). The Morgan fingerprint density at radius 3 is 2.62 bits per heavy atom. The molecule has 0 saturated heterocycles. The highest BCUT2D eigenvalue weighted by atomic mass is 32.2. The SMILES string of the molecule is Cc1noc(C)c1C(C)CNS(=O)(=O)c1ccc2[nH]c(=O)[nH]c2c1. The molecular formula is C15H18N4O4S. The largest absolute Gasteiger partial charge is 0.361 e. The zero-order valence-electron chi connectivity index (χ0n) is 13.5. The molecule has 3 N–H and O–H groups in total. The summed E-state index contributed by atoms with van der Waals surface area (Å²) in [6.07, 6.45) is 0. The lowest BCUT2D eigenvalue weighted by Gasteiger charge is -2.13. The van der Waals surface area contributed by atoms with Gasteiger partial charge < -0.3 is 14.5 Å². The second-order valence-electron chi connectivity index (χ2n) is 5.78. The smallest absolute Gasteiger partial charge is 0.323 e. The molecule has 2 aromatic heterocycles. The van der Waals surface area contributed by atoms with E-state index in [-0.39, 0.29) is 23.0 Å². The van der Waals surface area contributed by atoms with Gasteiger partial charge >= 0.3 is 5.69 Å². The van der Waals surface area contributed by atoms with Gasteiger partial charge in [-0.05, 0) is 38.0 Å². The minimum absolute atomic E-state index is 0.0816. The van der Waals surface area contributed by atoms with Crippen LogP contribution in [-0.2, 0) is 10.0 Å². The highest BCUT2D eigenvalue weighted by Gasteiger charge is 2.20. The van der Waals surface area contributed by atoms with Crippen molar-refractivity contribution in [3.8, 4) is 0 Å². The van der Waals surface area contributed by atoms with E-state index in [0.717, 1.165) is 11.3 Å². The molecule has 0 saturated carbocycles. The van der Waals surface area contributed by atoms with Crippen molar-refractivity contribution in [3.63, 3.8) is 0 Å². The van der Waals surface area contributed by atoms with Crippen LogP contribution in [0.25, 0.3) is 11.0 Å². The Balaban J connectivity index is 1.81. The van der Waals surface area contributed by atoms with E-state index in [1.807, 2.05) is 13.8 Å². The van der Waals surface area contributed by atoms with E-state index in [0.29, 0.717) is 16.8 Å². The van der Waals surface area contributed by atoms with Crippen molar-refractivity contribution in [2.45, 2.75) is 31.6 Å². The average molecular weight is 350 g/mol.